The van der Waals surface area contributed by atoms with Gasteiger partial charge in [-0.25, -0.2) is 0 Å². The molecule has 1 atom stereocenters. The number of ether oxygens (including phenoxy) is 1. The van der Waals surface area contributed by atoms with Crippen molar-refractivity contribution >= 4 is 29.2 Å². The summed E-state index contributed by atoms with van der Waals surface area (Å²) in [6.07, 6.45) is 1.71. The Bertz CT molecular complexity index is 655. The van der Waals surface area contributed by atoms with Gasteiger partial charge in [0.2, 0.25) is 0 Å². The first kappa shape index (κ1) is 16.5. The van der Waals surface area contributed by atoms with Gasteiger partial charge in [0.05, 0.1) is 24.6 Å². The molecule has 4 nitrogen and oxygen atoms in total. The zero-order valence-corrected chi connectivity index (χ0v) is 14.3. The van der Waals surface area contributed by atoms with Gasteiger partial charge in [0.1, 0.15) is 24.9 Å². The number of halogens is 1. The Morgan fingerprint density at radius 2 is 2.17 bits per heavy atom. The second-order valence-electron chi connectivity index (χ2n) is 5.54. The van der Waals surface area contributed by atoms with Gasteiger partial charge in [-0.1, -0.05) is 17.7 Å². The van der Waals surface area contributed by atoms with Crippen LogP contribution in [0.4, 0.5) is 0 Å². The third kappa shape index (κ3) is 4.32. The first-order valence-corrected chi connectivity index (χ1v) is 8.94. The van der Waals surface area contributed by atoms with Crippen molar-refractivity contribution in [3.05, 3.63) is 51.2 Å². The molecular weight excluding hydrogens is 332 g/mol. The maximum atomic E-state index is 9.86. The molecule has 3 rings (SSSR count). The lowest BCUT2D eigenvalue weighted by Crippen LogP contribution is -3.14. The molecule has 23 heavy (non-hydrogen) atoms. The molecule has 2 aromatic rings. The molecule has 2 heterocycles. The van der Waals surface area contributed by atoms with Gasteiger partial charge >= 0.3 is 0 Å². The monoisotopic (exact) mass is 351 g/mol. The van der Waals surface area contributed by atoms with Crippen LogP contribution in [0.3, 0.4) is 0 Å². The van der Waals surface area contributed by atoms with Crippen molar-refractivity contribution in [1.29, 1.82) is 0 Å². The zero-order chi connectivity index (χ0) is 16.1. The predicted octanol–water partition coefficient (Wildman–Crippen LogP) is 2.18. The summed E-state index contributed by atoms with van der Waals surface area (Å²) in [6, 6.07) is 9.57. The van der Waals surface area contributed by atoms with Crippen LogP contribution in [-0.2, 0) is 4.74 Å². The van der Waals surface area contributed by atoms with Gasteiger partial charge in [0.25, 0.3) is 0 Å². The number of thiophene rings is 1. The van der Waals surface area contributed by atoms with Crippen LogP contribution < -0.4 is 4.90 Å². The summed E-state index contributed by atoms with van der Waals surface area (Å²) in [4.78, 5) is 7.42. The lowest BCUT2D eigenvalue weighted by atomic mass is 10.2. The number of benzene rings is 1. The highest BCUT2D eigenvalue weighted by molar-refractivity contribution is 7.10. The number of aliphatic imine (C=N–C) groups is 1. The van der Waals surface area contributed by atoms with E-state index in [4.69, 9.17) is 16.3 Å². The molecule has 1 fully saturated rings. The molecule has 1 saturated heterocycles. The summed E-state index contributed by atoms with van der Waals surface area (Å²) in [7, 11) is 0. The summed E-state index contributed by atoms with van der Waals surface area (Å²) in [6.45, 7) is 4.29. The van der Waals surface area contributed by atoms with E-state index >= 15 is 0 Å². The van der Waals surface area contributed by atoms with Crippen LogP contribution in [0, 0.1) is 0 Å². The molecule has 0 unspecified atom stereocenters. The largest absolute Gasteiger partial charge is 0.507 e. The maximum Gasteiger partial charge on any atom is 0.142 e. The van der Waals surface area contributed by atoms with E-state index in [1.54, 1.807) is 35.8 Å². The highest BCUT2D eigenvalue weighted by Crippen LogP contribution is 2.20. The van der Waals surface area contributed by atoms with E-state index in [1.807, 2.05) is 0 Å². The minimum Gasteiger partial charge on any atom is -0.507 e. The van der Waals surface area contributed by atoms with E-state index in [0.717, 1.165) is 26.3 Å². The summed E-state index contributed by atoms with van der Waals surface area (Å²) < 4.78 is 5.47. The molecule has 1 aliphatic heterocycles. The van der Waals surface area contributed by atoms with E-state index in [9.17, 15) is 5.11 Å². The molecule has 6 heteroatoms. The van der Waals surface area contributed by atoms with Crippen molar-refractivity contribution in [3.8, 4) is 5.75 Å². The second-order valence-corrected chi connectivity index (χ2v) is 6.95. The fourth-order valence-corrected chi connectivity index (χ4v) is 3.83. The minimum atomic E-state index is 0.199. The number of nitrogens with zero attached hydrogens (tertiary/aromatic N) is 1. The Kier molecular flexibility index (Phi) is 5.67. The number of hydrogen-bond acceptors (Lipinski definition) is 4. The first-order chi connectivity index (χ1) is 11.2. The fourth-order valence-electron chi connectivity index (χ4n) is 2.78. The van der Waals surface area contributed by atoms with E-state index in [1.165, 1.54) is 9.78 Å². The minimum absolute atomic E-state index is 0.199. The third-order valence-corrected chi connectivity index (χ3v) is 5.24. The number of aromatic hydroxyl groups is 1. The molecular formula is C17H20ClN2O2S+. The molecule has 1 aromatic carbocycles. The van der Waals surface area contributed by atoms with Crippen molar-refractivity contribution in [1.82, 2.24) is 0 Å². The Hall–Kier alpha value is -1.40. The van der Waals surface area contributed by atoms with E-state index in [2.05, 4.69) is 22.5 Å². The number of phenols is 1. The zero-order valence-electron chi connectivity index (χ0n) is 12.7. The molecule has 2 N–H and O–H groups in total. The normalized spacial score (nSPS) is 17.6. The van der Waals surface area contributed by atoms with Crippen molar-refractivity contribution in [2.24, 2.45) is 4.99 Å². The van der Waals surface area contributed by atoms with Gasteiger partial charge in [-0.05, 0) is 29.6 Å². The van der Waals surface area contributed by atoms with Crippen molar-refractivity contribution in [2.45, 2.75) is 6.04 Å². The number of morpholine rings is 1. The average Bonchev–Trinajstić information content (AvgIpc) is 3.09. The Labute approximate surface area is 145 Å². The van der Waals surface area contributed by atoms with Gasteiger partial charge < -0.3 is 14.7 Å². The van der Waals surface area contributed by atoms with Crippen molar-refractivity contribution < 1.29 is 14.7 Å². The third-order valence-electron chi connectivity index (χ3n) is 4.02. The maximum absolute atomic E-state index is 9.86. The van der Waals surface area contributed by atoms with Crippen LogP contribution in [-0.4, -0.2) is 44.2 Å². The molecule has 1 aliphatic rings. The molecule has 122 valence electrons. The second kappa shape index (κ2) is 7.93. The molecule has 1 aromatic heterocycles. The summed E-state index contributed by atoms with van der Waals surface area (Å²) >= 11 is 7.74. The lowest BCUT2D eigenvalue weighted by molar-refractivity contribution is -0.937. The highest BCUT2D eigenvalue weighted by Gasteiger charge is 2.26. The smallest absolute Gasteiger partial charge is 0.142 e. The Morgan fingerprint density at radius 3 is 2.91 bits per heavy atom. The number of hydrogen-bond donors (Lipinski definition) is 2. The van der Waals surface area contributed by atoms with Gasteiger partial charge in [-0.15, -0.1) is 11.3 Å². The SMILES string of the molecule is Oc1ccc(Cl)cc1C=NC[C@@H](c1cccs1)[NH+]1CCOCC1. The number of quaternary nitrogens is 1. The Morgan fingerprint density at radius 1 is 1.35 bits per heavy atom. The molecule has 0 spiro atoms. The van der Waals surface area contributed by atoms with Gasteiger partial charge in [0, 0.05) is 16.8 Å². The predicted molar refractivity (Wildman–Crippen MR) is 94.2 cm³/mol. The van der Waals surface area contributed by atoms with Crippen LogP contribution in [0.25, 0.3) is 0 Å². The van der Waals surface area contributed by atoms with Gasteiger partial charge in [0.15, 0.2) is 0 Å². The summed E-state index contributed by atoms with van der Waals surface area (Å²) in [5.74, 6) is 0.199. The number of phenolic OH excluding ortho intramolecular Hbond substituents is 1. The summed E-state index contributed by atoms with van der Waals surface area (Å²) in [5, 5.41) is 12.6. The fraction of sp³-hybridized carbons (Fsp3) is 0.353. The van der Waals surface area contributed by atoms with Gasteiger partial charge in [-0.2, -0.15) is 0 Å². The van der Waals surface area contributed by atoms with Crippen LogP contribution >= 0.6 is 22.9 Å². The standard InChI is InChI=1S/C17H19ClN2O2S/c18-14-3-4-16(21)13(10-14)11-19-12-15(17-2-1-9-23-17)20-5-7-22-8-6-20/h1-4,9-11,15,21H,5-8,12H2/p+1/t15-/m0/s1. The number of rotatable bonds is 5. The molecule has 0 amide bonds. The topological polar surface area (TPSA) is 46.3 Å². The Balaban J connectivity index is 1.73. The first-order valence-electron chi connectivity index (χ1n) is 7.68. The van der Waals surface area contributed by atoms with Crippen LogP contribution in [0.2, 0.25) is 5.02 Å². The van der Waals surface area contributed by atoms with Crippen molar-refractivity contribution in [2.75, 3.05) is 32.8 Å². The molecule has 0 bridgehead atoms. The number of nitrogens with one attached hydrogen (secondary N) is 1. The highest BCUT2D eigenvalue weighted by atomic mass is 35.5. The van der Waals surface area contributed by atoms with Crippen LogP contribution in [0.15, 0.2) is 40.7 Å². The van der Waals surface area contributed by atoms with Crippen LogP contribution in [0.5, 0.6) is 5.75 Å². The average molecular weight is 352 g/mol. The molecule has 0 saturated carbocycles. The van der Waals surface area contributed by atoms with Crippen LogP contribution in [0.1, 0.15) is 16.5 Å². The molecule has 0 aliphatic carbocycles. The summed E-state index contributed by atoms with van der Waals surface area (Å²) in [5.41, 5.74) is 0.652. The molecule has 0 radical (unpaired) electrons. The lowest BCUT2D eigenvalue weighted by Gasteiger charge is -2.30. The van der Waals surface area contributed by atoms with Gasteiger partial charge in [-0.3, -0.25) is 4.99 Å². The van der Waals surface area contributed by atoms with E-state index < -0.39 is 0 Å². The van der Waals surface area contributed by atoms with Crippen molar-refractivity contribution in [3.63, 3.8) is 0 Å². The quantitative estimate of drug-likeness (QED) is 0.811. The van der Waals surface area contributed by atoms with E-state index in [-0.39, 0.29) is 5.75 Å². The van der Waals surface area contributed by atoms with E-state index in [0.29, 0.717) is 23.2 Å².